The van der Waals surface area contributed by atoms with E-state index in [-0.39, 0.29) is 29.7 Å². The number of aliphatic hydroxyl groups excluding tert-OH is 2. The maximum absolute atomic E-state index is 13.7. The summed E-state index contributed by atoms with van der Waals surface area (Å²) in [6.45, 7) is 0. The Labute approximate surface area is 194 Å². The molecular weight excluding hydrogens is 442 g/mol. The van der Waals surface area contributed by atoms with Crippen LogP contribution in [0.5, 0.6) is 5.75 Å². The van der Waals surface area contributed by atoms with Crippen LogP contribution in [0.2, 0.25) is 0 Å². The highest BCUT2D eigenvalue weighted by molar-refractivity contribution is 6.24. The number of ketones is 2. The number of phenols is 1. The number of primary amides is 1. The molecule has 34 heavy (non-hydrogen) atoms. The van der Waals surface area contributed by atoms with Gasteiger partial charge in [0.05, 0.1) is 17.7 Å². The second-order valence-electron chi connectivity index (χ2n) is 8.95. The van der Waals surface area contributed by atoms with Gasteiger partial charge in [0, 0.05) is 17.6 Å². The van der Waals surface area contributed by atoms with Crippen LogP contribution < -0.4 is 5.73 Å². The molecule has 0 aromatic heterocycles. The minimum atomic E-state index is -2.67. The lowest BCUT2D eigenvalue weighted by Gasteiger charge is -2.50. The molecule has 0 unspecified atom stereocenters. The number of hydrogen-bond donors (Lipinski definition) is 5. The number of nitriles is 1. The van der Waals surface area contributed by atoms with Crippen molar-refractivity contribution in [2.24, 2.45) is 17.6 Å². The lowest BCUT2D eigenvalue weighted by atomic mass is 9.57. The Kier molecular flexibility index (Phi) is 5.35. The molecule has 0 bridgehead atoms. The van der Waals surface area contributed by atoms with E-state index in [1.54, 1.807) is 6.07 Å². The summed E-state index contributed by atoms with van der Waals surface area (Å²) in [7, 11) is 3.08. The number of likely N-dealkylation sites (N-methyl/N-ethyl adjacent to an activating group) is 1. The molecule has 0 radical (unpaired) electrons. The number of fused-ring (bicyclic) bond motifs is 3. The van der Waals surface area contributed by atoms with Crippen molar-refractivity contribution in [1.82, 2.24) is 4.90 Å². The predicted molar refractivity (Wildman–Crippen MR) is 119 cm³/mol. The number of rotatable bonds is 3. The number of Topliss-reactive ketones (excluding diaryl/α,β-unsaturated/α-hetero) is 2. The van der Waals surface area contributed by atoms with Gasteiger partial charge in [-0.1, -0.05) is 6.07 Å². The maximum Gasteiger partial charge on any atom is 0.255 e. The summed E-state index contributed by atoms with van der Waals surface area (Å²) in [6.07, 6.45) is 2.92. The van der Waals surface area contributed by atoms with Crippen molar-refractivity contribution < 1.29 is 34.8 Å². The van der Waals surface area contributed by atoms with Crippen molar-refractivity contribution in [1.29, 1.82) is 5.26 Å². The zero-order valence-corrected chi connectivity index (χ0v) is 18.4. The Bertz CT molecular complexity index is 1280. The molecule has 1 fully saturated rings. The van der Waals surface area contributed by atoms with Crippen LogP contribution in [0.15, 0.2) is 35.1 Å². The molecule has 176 valence electrons. The molecule has 3 aliphatic rings. The molecular formula is C24H23N3O7. The van der Waals surface area contributed by atoms with E-state index in [2.05, 4.69) is 0 Å². The van der Waals surface area contributed by atoms with Crippen molar-refractivity contribution in [3.8, 4) is 11.8 Å². The van der Waals surface area contributed by atoms with E-state index in [1.807, 2.05) is 6.07 Å². The first-order valence-electron chi connectivity index (χ1n) is 10.5. The fourth-order valence-electron chi connectivity index (χ4n) is 5.55. The first-order valence-corrected chi connectivity index (χ1v) is 10.5. The van der Waals surface area contributed by atoms with E-state index in [0.29, 0.717) is 11.1 Å². The van der Waals surface area contributed by atoms with Crippen molar-refractivity contribution in [3.63, 3.8) is 0 Å². The lowest BCUT2D eigenvalue weighted by Crippen LogP contribution is -2.65. The van der Waals surface area contributed by atoms with E-state index >= 15 is 0 Å². The second-order valence-corrected chi connectivity index (χ2v) is 8.95. The van der Waals surface area contributed by atoms with Gasteiger partial charge >= 0.3 is 0 Å². The Morgan fingerprint density at radius 1 is 1.26 bits per heavy atom. The molecule has 6 N–H and O–H groups in total. The quantitative estimate of drug-likeness (QED) is 0.313. The Hall–Kier alpha value is -3.94. The number of aliphatic hydroxyl groups is 3. The molecule has 1 aromatic carbocycles. The average molecular weight is 465 g/mol. The summed E-state index contributed by atoms with van der Waals surface area (Å²) in [5, 5.41) is 52.7. The van der Waals surface area contributed by atoms with Gasteiger partial charge in [-0.2, -0.15) is 5.26 Å². The summed E-state index contributed by atoms with van der Waals surface area (Å²) < 4.78 is 0. The SMILES string of the molecule is CN(C)[C@@H]1C(=O)C(C(N)=O)=C(O)[C@@]2(O)C(=O)C3=C(O)c4c(O)ccc(C=CC#N)c4C[C@H]3C[C@@H]12. The summed E-state index contributed by atoms with van der Waals surface area (Å²) in [5.74, 6) is -6.96. The highest BCUT2D eigenvalue weighted by Gasteiger charge is 2.64. The number of carbonyl (C=O) groups is 3. The first-order chi connectivity index (χ1) is 16.0. The first kappa shape index (κ1) is 23.2. The monoisotopic (exact) mass is 465 g/mol. The summed E-state index contributed by atoms with van der Waals surface area (Å²) >= 11 is 0. The third-order valence-electron chi connectivity index (χ3n) is 6.98. The van der Waals surface area contributed by atoms with E-state index < -0.39 is 58.0 Å². The summed E-state index contributed by atoms with van der Waals surface area (Å²) in [6, 6.07) is 3.62. The van der Waals surface area contributed by atoms with Gasteiger partial charge in [0.15, 0.2) is 11.4 Å². The van der Waals surface area contributed by atoms with Gasteiger partial charge in [-0.15, -0.1) is 0 Å². The molecule has 0 saturated heterocycles. The normalized spacial score (nSPS) is 28.6. The van der Waals surface area contributed by atoms with E-state index in [1.165, 1.54) is 37.2 Å². The van der Waals surface area contributed by atoms with Crippen LogP contribution in [-0.4, -0.2) is 68.5 Å². The number of nitrogens with zero attached hydrogens (tertiary/aromatic N) is 2. The van der Waals surface area contributed by atoms with E-state index in [9.17, 15) is 34.8 Å². The fourth-order valence-corrected chi connectivity index (χ4v) is 5.55. The molecule has 4 rings (SSSR count). The fraction of sp³-hybridized carbons (Fsp3) is 0.333. The largest absolute Gasteiger partial charge is 0.508 e. The van der Waals surface area contributed by atoms with Crippen molar-refractivity contribution >= 4 is 29.3 Å². The molecule has 4 atom stereocenters. The number of benzene rings is 1. The summed E-state index contributed by atoms with van der Waals surface area (Å²) in [5.41, 5.74) is 2.58. The lowest BCUT2D eigenvalue weighted by molar-refractivity contribution is -0.153. The van der Waals surface area contributed by atoms with Crippen molar-refractivity contribution in [2.45, 2.75) is 24.5 Å². The minimum absolute atomic E-state index is 0.00280. The maximum atomic E-state index is 13.7. The average Bonchev–Trinajstić information content (AvgIpc) is 2.75. The molecule has 10 nitrogen and oxygen atoms in total. The smallest absolute Gasteiger partial charge is 0.255 e. The van der Waals surface area contributed by atoms with Crippen LogP contribution in [0.25, 0.3) is 11.8 Å². The molecule has 10 heteroatoms. The van der Waals surface area contributed by atoms with Gasteiger partial charge in [0.1, 0.15) is 22.8 Å². The topological polar surface area (TPSA) is 185 Å². The molecule has 1 saturated carbocycles. The zero-order valence-electron chi connectivity index (χ0n) is 18.4. The van der Waals surface area contributed by atoms with Crippen LogP contribution in [0.3, 0.4) is 0 Å². The van der Waals surface area contributed by atoms with E-state index in [0.717, 1.165) is 0 Å². The molecule has 1 amide bonds. The van der Waals surface area contributed by atoms with Crippen LogP contribution >= 0.6 is 0 Å². The number of nitrogens with two attached hydrogens (primary N) is 1. The highest BCUT2D eigenvalue weighted by Crippen LogP contribution is 2.52. The van der Waals surface area contributed by atoms with Crippen LogP contribution in [0.1, 0.15) is 23.1 Å². The van der Waals surface area contributed by atoms with Gasteiger partial charge < -0.3 is 26.2 Å². The number of aromatic hydroxyl groups is 1. The predicted octanol–water partition coefficient (Wildman–Crippen LogP) is 0.501. The Morgan fingerprint density at radius 3 is 2.53 bits per heavy atom. The van der Waals surface area contributed by atoms with Crippen LogP contribution in [0.4, 0.5) is 0 Å². The molecule has 0 aliphatic heterocycles. The van der Waals surface area contributed by atoms with Gasteiger partial charge in [-0.25, -0.2) is 0 Å². The van der Waals surface area contributed by atoms with Gasteiger partial charge in [0.25, 0.3) is 5.91 Å². The Balaban J connectivity index is 1.98. The third-order valence-corrected chi connectivity index (χ3v) is 6.98. The number of hydrogen-bond acceptors (Lipinski definition) is 9. The van der Waals surface area contributed by atoms with E-state index in [4.69, 9.17) is 11.0 Å². The zero-order chi connectivity index (χ0) is 25.1. The minimum Gasteiger partial charge on any atom is -0.508 e. The third kappa shape index (κ3) is 2.98. The molecule has 1 aromatic rings. The number of carbonyl (C=O) groups excluding carboxylic acids is 3. The summed E-state index contributed by atoms with van der Waals surface area (Å²) in [4.78, 5) is 40.1. The highest BCUT2D eigenvalue weighted by atomic mass is 16.3. The molecule has 3 aliphatic carbocycles. The standard InChI is InChI=1S/C24H23N3O7/c1-27(2)18-13-9-11-8-12-10(4-3-7-25)5-6-14(28)16(12)19(29)15(11)21(31)24(13,34)22(32)17(20(18)30)23(26)33/h3-6,11,13,18,28-29,32,34H,8-9H2,1-2H3,(H2,26,33)/t11-,13-,18-,24-/m0/s1. The second kappa shape index (κ2) is 7.83. The van der Waals surface area contributed by atoms with Gasteiger partial charge in [0.2, 0.25) is 5.78 Å². The van der Waals surface area contributed by atoms with Crippen molar-refractivity contribution in [3.05, 3.63) is 51.8 Å². The van der Waals surface area contributed by atoms with Crippen LogP contribution in [-0.2, 0) is 20.8 Å². The Morgan fingerprint density at radius 2 is 1.94 bits per heavy atom. The van der Waals surface area contributed by atoms with Gasteiger partial charge in [-0.05, 0) is 56.1 Å². The molecule has 0 heterocycles. The van der Waals surface area contributed by atoms with Gasteiger partial charge in [-0.3, -0.25) is 19.3 Å². The number of phenolic OH excluding ortho intramolecular Hbond substituents is 1. The number of allylic oxidation sites excluding steroid dienone is 1. The molecule has 0 spiro atoms. The van der Waals surface area contributed by atoms with Crippen molar-refractivity contribution in [2.75, 3.05) is 14.1 Å². The van der Waals surface area contributed by atoms with Crippen LogP contribution in [0, 0.1) is 23.2 Å². The number of amides is 1.